The van der Waals surface area contributed by atoms with E-state index in [9.17, 15) is 4.79 Å². The van der Waals surface area contributed by atoms with Gasteiger partial charge in [-0.2, -0.15) is 0 Å². The first-order valence-corrected chi connectivity index (χ1v) is 10.2. The number of nitrogens with zero attached hydrogens (tertiary/aromatic N) is 4. The summed E-state index contributed by atoms with van der Waals surface area (Å²) in [6.45, 7) is 4.17. The number of amides is 1. The highest BCUT2D eigenvalue weighted by atomic mass is 127. The Balaban J connectivity index is 0.00000341. The van der Waals surface area contributed by atoms with Crippen LogP contribution >= 0.6 is 24.0 Å². The van der Waals surface area contributed by atoms with Gasteiger partial charge in [-0.3, -0.25) is 9.79 Å². The molecule has 0 radical (unpaired) electrons. The quantitative estimate of drug-likeness (QED) is 0.320. The minimum Gasteiger partial charge on any atom is -0.496 e. The predicted molar refractivity (Wildman–Crippen MR) is 134 cm³/mol. The molecule has 0 atom stereocenters. The van der Waals surface area contributed by atoms with Crippen LogP contribution in [0.15, 0.2) is 53.7 Å². The molecule has 0 aliphatic carbocycles. The van der Waals surface area contributed by atoms with Crippen LogP contribution in [0.25, 0.3) is 0 Å². The Morgan fingerprint density at radius 3 is 2.52 bits per heavy atom. The number of aromatic nitrogens is 1. The number of hydrogen-bond acceptors (Lipinski definition) is 5. The van der Waals surface area contributed by atoms with Crippen molar-refractivity contribution in [3.8, 4) is 5.75 Å². The number of methoxy groups -OCH3 is 1. The van der Waals surface area contributed by atoms with Crippen LogP contribution in [0.5, 0.6) is 5.75 Å². The van der Waals surface area contributed by atoms with Gasteiger partial charge in [0.2, 0.25) is 5.91 Å². The second kappa shape index (κ2) is 13.0. The van der Waals surface area contributed by atoms with E-state index in [0.29, 0.717) is 25.5 Å². The maximum atomic E-state index is 12.5. The van der Waals surface area contributed by atoms with Crippen LogP contribution in [0.2, 0.25) is 0 Å². The number of benzene rings is 1. The molecule has 2 heterocycles. The molecule has 1 saturated heterocycles. The molecule has 3 rings (SSSR count). The topological polar surface area (TPSA) is 82.1 Å². The van der Waals surface area contributed by atoms with Crippen molar-refractivity contribution in [1.82, 2.24) is 20.5 Å². The molecule has 168 valence electrons. The molecule has 2 aromatic rings. The molecular formula is C22H31IN6O2. The zero-order valence-electron chi connectivity index (χ0n) is 18.1. The normalized spacial score (nSPS) is 13.9. The molecule has 0 bridgehead atoms. The van der Waals surface area contributed by atoms with Gasteiger partial charge in [-0.05, 0) is 18.2 Å². The van der Waals surface area contributed by atoms with Gasteiger partial charge >= 0.3 is 0 Å². The molecule has 1 aliphatic rings. The summed E-state index contributed by atoms with van der Waals surface area (Å²) in [6.07, 6.45) is 2.23. The number of piperazine rings is 1. The highest BCUT2D eigenvalue weighted by molar-refractivity contribution is 14.0. The van der Waals surface area contributed by atoms with E-state index in [4.69, 9.17) is 4.74 Å². The van der Waals surface area contributed by atoms with Gasteiger partial charge in [-0.1, -0.05) is 24.3 Å². The van der Waals surface area contributed by atoms with E-state index in [1.165, 1.54) is 0 Å². The zero-order valence-corrected chi connectivity index (χ0v) is 20.4. The summed E-state index contributed by atoms with van der Waals surface area (Å²) in [4.78, 5) is 25.3. The molecule has 2 N–H and O–H groups in total. The summed E-state index contributed by atoms with van der Waals surface area (Å²) in [5.41, 5.74) is 1.05. The molecule has 9 heteroatoms. The second-order valence-corrected chi connectivity index (χ2v) is 6.97. The number of rotatable bonds is 7. The number of anilines is 1. The van der Waals surface area contributed by atoms with Gasteiger partial charge in [0.1, 0.15) is 11.6 Å². The van der Waals surface area contributed by atoms with Crippen molar-refractivity contribution in [3.05, 3.63) is 54.2 Å². The van der Waals surface area contributed by atoms with Gasteiger partial charge in [0.05, 0.1) is 7.11 Å². The first kappa shape index (κ1) is 24.7. The van der Waals surface area contributed by atoms with E-state index >= 15 is 0 Å². The summed E-state index contributed by atoms with van der Waals surface area (Å²) >= 11 is 0. The fraction of sp³-hybridized carbons (Fsp3) is 0.409. The summed E-state index contributed by atoms with van der Waals surface area (Å²) < 4.78 is 5.37. The van der Waals surface area contributed by atoms with E-state index in [1.54, 1.807) is 20.4 Å². The molecule has 1 aromatic carbocycles. The Kier molecular flexibility index (Phi) is 10.3. The first-order chi connectivity index (χ1) is 14.7. The molecule has 1 amide bonds. The van der Waals surface area contributed by atoms with Crippen molar-refractivity contribution in [3.63, 3.8) is 0 Å². The van der Waals surface area contributed by atoms with Gasteiger partial charge in [0.15, 0.2) is 5.96 Å². The van der Waals surface area contributed by atoms with E-state index in [0.717, 1.165) is 43.3 Å². The van der Waals surface area contributed by atoms with Crippen LogP contribution in [0.4, 0.5) is 5.82 Å². The molecule has 1 aromatic heterocycles. The summed E-state index contributed by atoms with van der Waals surface area (Å²) in [5.74, 6) is 2.62. The van der Waals surface area contributed by atoms with Gasteiger partial charge in [-0.15, -0.1) is 24.0 Å². The zero-order chi connectivity index (χ0) is 21.2. The van der Waals surface area contributed by atoms with Crippen LogP contribution < -0.4 is 20.3 Å². The highest BCUT2D eigenvalue weighted by Crippen LogP contribution is 2.16. The number of halogens is 1. The van der Waals surface area contributed by atoms with Crippen LogP contribution in [-0.4, -0.2) is 68.6 Å². The Morgan fingerprint density at radius 1 is 1.10 bits per heavy atom. The highest BCUT2D eigenvalue weighted by Gasteiger charge is 2.21. The van der Waals surface area contributed by atoms with Crippen molar-refractivity contribution >= 4 is 41.7 Å². The standard InChI is InChI=1S/C22H30N6O2.HI/c1-23-22(26-17-18-7-3-4-8-19(18)30-2)25-12-10-21(29)28-15-13-27(14-16-28)20-9-5-6-11-24-20;/h3-9,11H,10,12-17H2,1-2H3,(H2,23,25,26);1H. The number of guanidine groups is 1. The van der Waals surface area contributed by atoms with Gasteiger partial charge in [0, 0.05) is 64.5 Å². The monoisotopic (exact) mass is 538 g/mol. The van der Waals surface area contributed by atoms with Gasteiger partial charge in [-0.25, -0.2) is 4.98 Å². The third-order valence-corrected chi connectivity index (χ3v) is 5.10. The smallest absolute Gasteiger partial charge is 0.224 e. The lowest BCUT2D eigenvalue weighted by atomic mass is 10.2. The molecular weight excluding hydrogens is 507 g/mol. The van der Waals surface area contributed by atoms with E-state index in [2.05, 4.69) is 25.5 Å². The summed E-state index contributed by atoms with van der Waals surface area (Å²) in [5, 5.41) is 6.47. The molecule has 0 saturated carbocycles. The third kappa shape index (κ3) is 7.27. The molecule has 0 unspecified atom stereocenters. The molecule has 1 aliphatic heterocycles. The van der Waals surface area contributed by atoms with E-state index in [-0.39, 0.29) is 29.9 Å². The number of hydrogen-bond donors (Lipinski definition) is 2. The number of para-hydroxylation sites is 1. The predicted octanol–water partition coefficient (Wildman–Crippen LogP) is 2.11. The van der Waals surface area contributed by atoms with Crippen molar-refractivity contribution in [2.45, 2.75) is 13.0 Å². The SMILES string of the molecule is CN=C(NCCC(=O)N1CCN(c2ccccn2)CC1)NCc1ccccc1OC.I. The Labute approximate surface area is 201 Å². The average molecular weight is 538 g/mol. The number of pyridine rings is 1. The fourth-order valence-electron chi connectivity index (χ4n) is 3.42. The van der Waals surface area contributed by atoms with Crippen molar-refractivity contribution in [1.29, 1.82) is 0 Å². The maximum Gasteiger partial charge on any atom is 0.224 e. The van der Waals surface area contributed by atoms with Gasteiger partial charge < -0.3 is 25.2 Å². The first-order valence-electron chi connectivity index (χ1n) is 10.2. The van der Waals surface area contributed by atoms with Gasteiger partial charge in [0.25, 0.3) is 0 Å². The lowest BCUT2D eigenvalue weighted by Crippen LogP contribution is -2.49. The Hall–Kier alpha value is -2.56. The van der Waals surface area contributed by atoms with Crippen molar-refractivity contribution in [2.75, 3.05) is 51.8 Å². The van der Waals surface area contributed by atoms with Crippen molar-refractivity contribution < 1.29 is 9.53 Å². The van der Waals surface area contributed by atoms with E-state index in [1.807, 2.05) is 47.4 Å². The largest absolute Gasteiger partial charge is 0.496 e. The maximum absolute atomic E-state index is 12.5. The Bertz CT molecular complexity index is 841. The number of nitrogens with one attached hydrogen (secondary N) is 2. The van der Waals surface area contributed by atoms with Crippen LogP contribution in [0.3, 0.4) is 0 Å². The number of carbonyl (C=O) groups excluding carboxylic acids is 1. The second-order valence-electron chi connectivity index (χ2n) is 6.97. The molecule has 31 heavy (non-hydrogen) atoms. The number of aliphatic imine (C=N–C) groups is 1. The molecule has 8 nitrogen and oxygen atoms in total. The number of carbonyl (C=O) groups is 1. The molecule has 1 fully saturated rings. The number of ether oxygens (including phenoxy) is 1. The Morgan fingerprint density at radius 2 is 1.84 bits per heavy atom. The lowest BCUT2D eigenvalue weighted by Gasteiger charge is -2.35. The van der Waals surface area contributed by atoms with Crippen LogP contribution in [0.1, 0.15) is 12.0 Å². The summed E-state index contributed by atoms with van der Waals surface area (Å²) in [7, 11) is 3.38. The average Bonchev–Trinajstić information content (AvgIpc) is 2.82. The minimum absolute atomic E-state index is 0. The van der Waals surface area contributed by atoms with Crippen LogP contribution in [0, 0.1) is 0 Å². The van der Waals surface area contributed by atoms with E-state index < -0.39 is 0 Å². The molecule has 0 spiro atoms. The summed E-state index contributed by atoms with van der Waals surface area (Å²) in [6, 6.07) is 13.8. The van der Waals surface area contributed by atoms with Crippen LogP contribution in [-0.2, 0) is 11.3 Å². The third-order valence-electron chi connectivity index (χ3n) is 5.10. The lowest BCUT2D eigenvalue weighted by molar-refractivity contribution is -0.131. The fourth-order valence-corrected chi connectivity index (χ4v) is 3.42. The minimum atomic E-state index is 0. The van der Waals surface area contributed by atoms with Crippen molar-refractivity contribution in [2.24, 2.45) is 4.99 Å².